The largest absolute Gasteiger partial charge is 0.493 e. The highest BCUT2D eigenvalue weighted by atomic mass is 16.5. The summed E-state index contributed by atoms with van der Waals surface area (Å²) in [6.45, 7) is 3.20. The summed E-state index contributed by atoms with van der Waals surface area (Å²) < 4.78 is 5.61. The molecule has 0 atom stereocenters. The van der Waals surface area contributed by atoms with Gasteiger partial charge in [0.15, 0.2) is 0 Å². The number of nitrogens with one attached hydrogen (secondary N) is 1. The van der Waals surface area contributed by atoms with Crippen LogP contribution >= 0.6 is 0 Å². The predicted octanol–water partition coefficient (Wildman–Crippen LogP) is 2.09. The second-order valence-corrected chi connectivity index (χ2v) is 4.45. The topological polar surface area (TPSA) is 21.3 Å². The summed E-state index contributed by atoms with van der Waals surface area (Å²) in [5.74, 6) is 1.88. The van der Waals surface area contributed by atoms with Crippen molar-refractivity contribution in [1.82, 2.24) is 5.32 Å². The third-order valence-electron chi connectivity index (χ3n) is 3.56. The first-order chi connectivity index (χ1) is 7.45. The Morgan fingerprint density at radius 1 is 1.20 bits per heavy atom. The van der Waals surface area contributed by atoms with Gasteiger partial charge in [-0.3, -0.25) is 0 Å². The van der Waals surface area contributed by atoms with Gasteiger partial charge in [0.05, 0.1) is 6.61 Å². The molecular formula is C13H17NO. The Hall–Kier alpha value is -1.02. The van der Waals surface area contributed by atoms with Crippen molar-refractivity contribution in [1.29, 1.82) is 0 Å². The van der Waals surface area contributed by atoms with Gasteiger partial charge in [-0.2, -0.15) is 0 Å². The lowest BCUT2D eigenvalue weighted by Gasteiger charge is -2.24. The van der Waals surface area contributed by atoms with Gasteiger partial charge in [0, 0.05) is 12.0 Å². The summed E-state index contributed by atoms with van der Waals surface area (Å²) in [5, 5.41) is 3.42. The second-order valence-electron chi connectivity index (χ2n) is 4.45. The summed E-state index contributed by atoms with van der Waals surface area (Å²) in [5.41, 5.74) is 3.02. The van der Waals surface area contributed by atoms with E-state index in [4.69, 9.17) is 4.74 Å². The average Bonchev–Trinajstić information content (AvgIpc) is 2.78. The quantitative estimate of drug-likeness (QED) is 0.754. The smallest absolute Gasteiger partial charge is 0.122 e. The minimum atomic E-state index is 0.753. The Balaban J connectivity index is 1.93. The maximum absolute atomic E-state index is 5.61. The Kier molecular flexibility index (Phi) is 2.37. The standard InChI is InChI=1S/C13H17NO/c1-2-11(10-4-7-14-8-5-10)12-6-9-15-13(12)3-1/h1-3,10,14H,4-9H2. The molecule has 0 radical (unpaired) electrons. The summed E-state index contributed by atoms with van der Waals surface area (Å²) in [4.78, 5) is 0. The molecule has 15 heavy (non-hydrogen) atoms. The Labute approximate surface area is 90.6 Å². The second kappa shape index (κ2) is 3.86. The molecule has 2 aliphatic rings. The molecule has 0 spiro atoms. The third kappa shape index (κ3) is 1.63. The van der Waals surface area contributed by atoms with E-state index in [0.29, 0.717) is 0 Å². The van der Waals surface area contributed by atoms with Crippen LogP contribution in [0.15, 0.2) is 18.2 Å². The zero-order chi connectivity index (χ0) is 10.1. The molecule has 0 aromatic heterocycles. The lowest BCUT2D eigenvalue weighted by Crippen LogP contribution is -2.27. The molecule has 80 valence electrons. The third-order valence-corrected chi connectivity index (χ3v) is 3.56. The molecule has 1 aromatic rings. The summed E-state index contributed by atoms with van der Waals surface area (Å²) >= 11 is 0. The fraction of sp³-hybridized carbons (Fsp3) is 0.538. The summed E-state index contributed by atoms with van der Waals surface area (Å²) in [6, 6.07) is 6.54. The van der Waals surface area contributed by atoms with Gasteiger partial charge < -0.3 is 10.1 Å². The van der Waals surface area contributed by atoms with E-state index in [0.717, 1.165) is 37.8 Å². The van der Waals surface area contributed by atoms with Crippen molar-refractivity contribution in [2.24, 2.45) is 0 Å². The maximum Gasteiger partial charge on any atom is 0.122 e. The van der Waals surface area contributed by atoms with Crippen LogP contribution in [-0.4, -0.2) is 19.7 Å². The fourth-order valence-electron chi connectivity index (χ4n) is 2.76. The molecular weight excluding hydrogens is 186 g/mol. The van der Waals surface area contributed by atoms with E-state index in [1.54, 1.807) is 5.56 Å². The van der Waals surface area contributed by atoms with Crippen molar-refractivity contribution in [3.05, 3.63) is 29.3 Å². The van der Waals surface area contributed by atoms with Crippen molar-refractivity contribution in [2.75, 3.05) is 19.7 Å². The molecule has 2 nitrogen and oxygen atoms in total. The van der Waals surface area contributed by atoms with Crippen molar-refractivity contribution in [2.45, 2.75) is 25.2 Å². The Morgan fingerprint density at radius 3 is 2.93 bits per heavy atom. The molecule has 1 fully saturated rings. The number of fused-ring (bicyclic) bond motifs is 1. The van der Waals surface area contributed by atoms with Gasteiger partial charge in [0.1, 0.15) is 5.75 Å². The van der Waals surface area contributed by atoms with Gasteiger partial charge in [-0.25, -0.2) is 0 Å². The number of piperidine rings is 1. The van der Waals surface area contributed by atoms with E-state index >= 15 is 0 Å². The van der Waals surface area contributed by atoms with E-state index in [1.807, 2.05) is 0 Å². The SMILES string of the molecule is c1cc2c(c(C3CCNCC3)c1)CCO2. The molecule has 2 heterocycles. The lowest BCUT2D eigenvalue weighted by molar-refractivity contribution is 0.357. The first kappa shape index (κ1) is 9.22. The van der Waals surface area contributed by atoms with E-state index in [1.165, 1.54) is 18.4 Å². The van der Waals surface area contributed by atoms with Crippen LogP contribution in [0.5, 0.6) is 5.75 Å². The van der Waals surface area contributed by atoms with Gasteiger partial charge in [-0.1, -0.05) is 12.1 Å². The molecule has 0 saturated carbocycles. The van der Waals surface area contributed by atoms with Crippen LogP contribution < -0.4 is 10.1 Å². The van der Waals surface area contributed by atoms with Gasteiger partial charge >= 0.3 is 0 Å². The summed E-state index contributed by atoms with van der Waals surface area (Å²) in [7, 11) is 0. The minimum Gasteiger partial charge on any atom is -0.493 e. The molecule has 3 rings (SSSR count). The van der Waals surface area contributed by atoms with Crippen LogP contribution in [0.1, 0.15) is 29.9 Å². The van der Waals surface area contributed by atoms with Crippen LogP contribution in [0.3, 0.4) is 0 Å². The number of benzene rings is 1. The number of hydrogen-bond donors (Lipinski definition) is 1. The van der Waals surface area contributed by atoms with E-state index in [9.17, 15) is 0 Å². The van der Waals surface area contributed by atoms with Crippen molar-refractivity contribution < 1.29 is 4.74 Å². The fourth-order valence-corrected chi connectivity index (χ4v) is 2.76. The molecule has 0 bridgehead atoms. The highest BCUT2D eigenvalue weighted by Gasteiger charge is 2.22. The molecule has 1 N–H and O–H groups in total. The van der Waals surface area contributed by atoms with Gasteiger partial charge in [-0.05, 0) is 43.5 Å². The molecule has 2 aliphatic heterocycles. The lowest BCUT2D eigenvalue weighted by atomic mass is 9.86. The van der Waals surface area contributed by atoms with Crippen molar-refractivity contribution in [3.8, 4) is 5.75 Å². The zero-order valence-corrected chi connectivity index (χ0v) is 8.96. The number of rotatable bonds is 1. The minimum absolute atomic E-state index is 0.753. The number of hydrogen-bond acceptors (Lipinski definition) is 2. The molecule has 0 aliphatic carbocycles. The van der Waals surface area contributed by atoms with Crippen LogP contribution in [0, 0.1) is 0 Å². The molecule has 0 unspecified atom stereocenters. The summed E-state index contributed by atoms with van der Waals surface area (Å²) in [6.07, 6.45) is 3.66. The highest BCUT2D eigenvalue weighted by molar-refractivity contribution is 5.44. The van der Waals surface area contributed by atoms with Crippen LogP contribution in [0.25, 0.3) is 0 Å². The predicted molar refractivity (Wildman–Crippen MR) is 60.5 cm³/mol. The maximum atomic E-state index is 5.61. The normalized spacial score (nSPS) is 21.1. The first-order valence-corrected chi connectivity index (χ1v) is 5.90. The molecule has 1 aromatic carbocycles. The molecule has 1 saturated heterocycles. The Bertz CT molecular complexity index is 356. The highest BCUT2D eigenvalue weighted by Crippen LogP contribution is 2.35. The number of ether oxygens (including phenoxy) is 1. The van der Waals surface area contributed by atoms with E-state index < -0.39 is 0 Å². The average molecular weight is 203 g/mol. The molecule has 2 heteroatoms. The van der Waals surface area contributed by atoms with E-state index in [-0.39, 0.29) is 0 Å². The van der Waals surface area contributed by atoms with Crippen LogP contribution in [0.2, 0.25) is 0 Å². The van der Waals surface area contributed by atoms with Crippen molar-refractivity contribution in [3.63, 3.8) is 0 Å². The zero-order valence-electron chi connectivity index (χ0n) is 8.96. The van der Waals surface area contributed by atoms with Crippen molar-refractivity contribution >= 4 is 0 Å². The van der Waals surface area contributed by atoms with Gasteiger partial charge in [0.25, 0.3) is 0 Å². The Morgan fingerprint density at radius 2 is 2.07 bits per heavy atom. The first-order valence-electron chi connectivity index (χ1n) is 5.90. The van der Waals surface area contributed by atoms with Gasteiger partial charge in [-0.15, -0.1) is 0 Å². The molecule has 0 amide bonds. The van der Waals surface area contributed by atoms with Crippen LogP contribution in [-0.2, 0) is 6.42 Å². The van der Waals surface area contributed by atoms with E-state index in [2.05, 4.69) is 23.5 Å². The monoisotopic (exact) mass is 203 g/mol. The van der Waals surface area contributed by atoms with Gasteiger partial charge in [0.2, 0.25) is 0 Å². The van der Waals surface area contributed by atoms with Crippen LogP contribution in [0.4, 0.5) is 0 Å².